The van der Waals surface area contributed by atoms with E-state index in [9.17, 15) is 4.79 Å². The topological polar surface area (TPSA) is 68.8 Å². The molecule has 0 bridgehead atoms. The largest absolute Gasteiger partial charge is 0.497 e. The number of rotatable bonds is 7. The van der Waals surface area contributed by atoms with Crippen molar-refractivity contribution < 1.29 is 19.0 Å². The van der Waals surface area contributed by atoms with Gasteiger partial charge >= 0.3 is 6.03 Å². The van der Waals surface area contributed by atoms with Gasteiger partial charge in [0.15, 0.2) is 18.2 Å². The fourth-order valence-corrected chi connectivity index (χ4v) is 2.14. The van der Waals surface area contributed by atoms with Crippen LogP contribution in [0.15, 0.2) is 48.5 Å². The Bertz CT molecular complexity index is 658. The summed E-state index contributed by atoms with van der Waals surface area (Å²) < 4.78 is 15.8. The van der Waals surface area contributed by atoms with Crippen molar-refractivity contribution in [3.05, 3.63) is 54.1 Å². The molecule has 1 atom stereocenters. The van der Waals surface area contributed by atoms with Crippen molar-refractivity contribution in [2.24, 2.45) is 0 Å². The third-order valence-electron chi connectivity index (χ3n) is 3.49. The van der Waals surface area contributed by atoms with Gasteiger partial charge in [-0.1, -0.05) is 24.3 Å². The second-order valence-electron chi connectivity index (χ2n) is 5.08. The molecule has 1 unspecified atom stereocenters. The van der Waals surface area contributed by atoms with Gasteiger partial charge in [0, 0.05) is 0 Å². The third kappa shape index (κ3) is 4.81. The van der Waals surface area contributed by atoms with Crippen LogP contribution in [-0.2, 0) is 0 Å². The van der Waals surface area contributed by atoms with E-state index < -0.39 is 0 Å². The van der Waals surface area contributed by atoms with Crippen LogP contribution in [0.4, 0.5) is 4.79 Å². The zero-order valence-electron chi connectivity index (χ0n) is 14.0. The Kier molecular flexibility index (Phi) is 6.31. The molecular formula is C18H22N2O4. The van der Waals surface area contributed by atoms with Crippen molar-refractivity contribution in [3.63, 3.8) is 0 Å². The van der Waals surface area contributed by atoms with Crippen LogP contribution >= 0.6 is 0 Å². The van der Waals surface area contributed by atoms with Crippen molar-refractivity contribution in [3.8, 4) is 17.2 Å². The molecule has 0 saturated heterocycles. The molecule has 0 heterocycles. The van der Waals surface area contributed by atoms with E-state index in [0.717, 1.165) is 11.3 Å². The number of hydrogen-bond donors (Lipinski definition) is 2. The fraction of sp³-hybridized carbons (Fsp3) is 0.278. The summed E-state index contributed by atoms with van der Waals surface area (Å²) >= 11 is 0. The van der Waals surface area contributed by atoms with Crippen molar-refractivity contribution in [1.29, 1.82) is 0 Å². The standard InChI is InChI=1S/C18H22N2O4/c1-13(14-8-10-15(22-2)11-9-14)20-18(21)19-12-24-17-7-5-4-6-16(17)23-3/h4-11,13H,12H2,1-3H3,(H2,19,20,21). The molecule has 0 saturated carbocycles. The maximum atomic E-state index is 11.9. The number of ether oxygens (including phenoxy) is 3. The minimum Gasteiger partial charge on any atom is -0.497 e. The second kappa shape index (κ2) is 8.67. The smallest absolute Gasteiger partial charge is 0.317 e. The molecule has 0 spiro atoms. The van der Waals surface area contributed by atoms with E-state index >= 15 is 0 Å². The summed E-state index contributed by atoms with van der Waals surface area (Å²) in [6, 6.07) is 14.3. The number of amides is 2. The highest BCUT2D eigenvalue weighted by Crippen LogP contribution is 2.25. The lowest BCUT2D eigenvalue weighted by atomic mass is 10.1. The molecular weight excluding hydrogens is 308 g/mol. The normalized spacial score (nSPS) is 11.3. The average Bonchev–Trinajstić information content (AvgIpc) is 2.62. The van der Waals surface area contributed by atoms with Crippen LogP contribution in [-0.4, -0.2) is 27.0 Å². The van der Waals surface area contributed by atoms with Crippen LogP contribution in [0.3, 0.4) is 0 Å². The fourth-order valence-electron chi connectivity index (χ4n) is 2.14. The number of benzene rings is 2. The molecule has 2 aromatic rings. The van der Waals surface area contributed by atoms with Gasteiger partial charge in [0.05, 0.1) is 20.3 Å². The minimum atomic E-state index is -0.312. The first kappa shape index (κ1) is 17.5. The number of carbonyl (C=O) groups is 1. The number of methoxy groups -OCH3 is 2. The predicted octanol–water partition coefficient (Wildman–Crippen LogP) is 3.10. The predicted molar refractivity (Wildman–Crippen MR) is 91.6 cm³/mol. The Morgan fingerprint density at radius 2 is 1.67 bits per heavy atom. The van der Waals surface area contributed by atoms with Gasteiger partial charge < -0.3 is 24.8 Å². The van der Waals surface area contributed by atoms with Gasteiger partial charge in [-0.2, -0.15) is 0 Å². The molecule has 0 aliphatic rings. The second-order valence-corrected chi connectivity index (χ2v) is 5.08. The van der Waals surface area contributed by atoms with E-state index in [0.29, 0.717) is 11.5 Å². The number of carbonyl (C=O) groups excluding carboxylic acids is 1. The molecule has 0 fully saturated rings. The summed E-state index contributed by atoms with van der Waals surface area (Å²) in [5.41, 5.74) is 0.983. The Balaban J connectivity index is 1.80. The average molecular weight is 330 g/mol. The molecule has 2 N–H and O–H groups in total. The van der Waals surface area contributed by atoms with E-state index in [2.05, 4.69) is 10.6 Å². The lowest BCUT2D eigenvalue weighted by Gasteiger charge is -2.16. The highest BCUT2D eigenvalue weighted by Gasteiger charge is 2.10. The Labute approximate surface area is 141 Å². The minimum absolute atomic E-state index is 0.0432. The van der Waals surface area contributed by atoms with Gasteiger partial charge in [0.25, 0.3) is 0 Å². The van der Waals surface area contributed by atoms with E-state index in [1.54, 1.807) is 26.4 Å². The molecule has 0 aliphatic carbocycles. The number of nitrogens with one attached hydrogen (secondary N) is 2. The van der Waals surface area contributed by atoms with Crippen LogP contribution in [0.5, 0.6) is 17.2 Å². The third-order valence-corrected chi connectivity index (χ3v) is 3.49. The summed E-state index contributed by atoms with van der Waals surface area (Å²) in [6.45, 7) is 1.95. The summed E-state index contributed by atoms with van der Waals surface area (Å²) in [7, 11) is 3.19. The van der Waals surface area contributed by atoms with Gasteiger partial charge in [0.1, 0.15) is 5.75 Å². The number of para-hydroxylation sites is 2. The number of hydrogen-bond acceptors (Lipinski definition) is 4. The van der Waals surface area contributed by atoms with Crippen LogP contribution < -0.4 is 24.8 Å². The molecule has 2 aromatic carbocycles. The molecule has 128 valence electrons. The molecule has 6 nitrogen and oxygen atoms in total. The summed E-state index contributed by atoms with van der Waals surface area (Å²) in [4.78, 5) is 11.9. The van der Waals surface area contributed by atoms with Gasteiger partial charge in [-0.05, 0) is 36.8 Å². The van der Waals surface area contributed by atoms with Gasteiger partial charge in [0.2, 0.25) is 0 Å². The molecule has 0 aromatic heterocycles. The Morgan fingerprint density at radius 1 is 1.00 bits per heavy atom. The van der Waals surface area contributed by atoms with Crippen LogP contribution in [0.2, 0.25) is 0 Å². The van der Waals surface area contributed by atoms with Gasteiger partial charge in [-0.3, -0.25) is 0 Å². The monoisotopic (exact) mass is 330 g/mol. The molecule has 2 amide bonds. The number of urea groups is 1. The molecule has 2 rings (SSSR count). The Morgan fingerprint density at radius 3 is 2.29 bits per heavy atom. The quantitative estimate of drug-likeness (QED) is 0.766. The maximum Gasteiger partial charge on any atom is 0.317 e. The SMILES string of the molecule is COc1ccc(C(C)NC(=O)NCOc2ccccc2OC)cc1. The first-order valence-electron chi connectivity index (χ1n) is 7.58. The van der Waals surface area contributed by atoms with E-state index in [1.165, 1.54) is 0 Å². The summed E-state index contributed by atoms with van der Waals surface area (Å²) in [6.07, 6.45) is 0. The van der Waals surface area contributed by atoms with E-state index in [4.69, 9.17) is 14.2 Å². The first-order chi connectivity index (χ1) is 11.6. The van der Waals surface area contributed by atoms with Crippen molar-refractivity contribution in [2.45, 2.75) is 13.0 Å². The summed E-state index contributed by atoms with van der Waals surface area (Å²) in [5.74, 6) is 1.97. The lowest BCUT2D eigenvalue weighted by Crippen LogP contribution is -2.38. The molecule has 24 heavy (non-hydrogen) atoms. The van der Waals surface area contributed by atoms with Crippen LogP contribution in [0, 0.1) is 0 Å². The van der Waals surface area contributed by atoms with E-state index in [-0.39, 0.29) is 18.8 Å². The van der Waals surface area contributed by atoms with E-state index in [1.807, 2.05) is 43.3 Å². The first-order valence-corrected chi connectivity index (χ1v) is 7.58. The van der Waals surface area contributed by atoms with Crippen molar-refractivity contribution >= 4 is 6.03 Å². The highest BCUT2D eigenvalue weighted by molar-refractivity contribution is 5.74. The van der Waals surface area contributed by atoms with Gasteiger partial charge in [-0.15, -0.1) is 0 Å². The zero-order chi connectivity index (χ0) is 17.4. The van der Waals surface area contributed by atoms with Crippen LogP contribution in [0.1, 0.15) is 18.5 Å². The maximum absolute atomic E-state index is 11.9. The van der Waals surface area contributed by atoms with Gasteiger partial charge in [-0.25, -0.2) is 4.79 Å². The highest BCUT2D eigenvalue weighted by atomic mass is 16.5. The van der Waals surface area contributed by atoms with Crippen LogP contribution in [0.25, 0.3) is 0 Å². The van der Waals surface area contributed by atoms with Crippen molar-refractivity contribution in [2.75, 3.05) is 21.0 Å². The van der Waals surface area contributed by atoms with Crippen molar-refractivity contribution in [1.82, 2.24) is 10.6 Å². The summed E-state index contributed by atoms with van der Waals surface area (Å²) in [5, 5.41) is 5.50. The lowest BCUT2D eigenvalue weighted by molar-refractivity contribution is 0.219. The zero-order valence-corrected chi connectivity index (χ0v) is 14.0. The molecule has 6 heteroatoms. The molecule has 0 radical (unpaired) electrons. The molecule has 0 aliphatic heterocycles. The Hall–Kier alpha value is -2.89.